The second kappa shape index (κ2) is 7.85. The normalized spacial score (nSPS) is 15.4. The number of hydrogen-bond donors (Lipinski definition) is 0. The molecule has 1 aliphatic carbocycles. The summed E-state index contributed by atoms with van der Waals surface area (Å²) < 4.78 is 1.75. The molecule has 25 heavy (non-hydrogen) atoms. The molecule has 0 N–H and O–H groups in total. The van der Waals surface area contributed by atoms with Crippen LogP contribution in [0, 0.1) is 5.92 Å². The van der Waals surface area contributed by atoms with E-state index in [1.165, 1.54) is 19.3 Å². The molecule has 4 nitrogen and oxygen atoms in total. The van der Waals surface area contributed by atoms with Crippen LogP contribution in [-0.2, 0) is 6.54 Å². The van der Waals surface area contributed by atoms with Crippen molar-refractivity contribution in [2.24, 2.45) is 5.92 Å². The maximum atomic E-state index is 13.1. The minimum atomic E-state index is -0.0383. The van der Waals surface area contributed by atoms with E-state index < -0.39 is 0 Å². The Balaban J connectivity index is 2.10. The van der Waals surface area contributed by atoms with Crippen LogP contribution in [0.2, 0.25) is 0 Å². The molecule has 3 rings (SSSR count). The number of amides is 1. The molecule has 0 spiro atoms. The van der Waals surface area contributed by atoms with Crippen LogP contribution in [-0.4, -0.2) is 28.5 Å². The van der Waals surface area contributed by atoms with Crippen LogP contribution < -0.4 is 5.56 Å². The van der Waals surface area contributed by atoms with Gasteiger partial charge in [-0.25, -0.2) is 0 Å². The minimum Gasteiger partial charge on any atom is -0.338 e. The van der Waals surface area contributed by atoms with Crippen molar-refractivity contribution in [3.63, 3.8) is 0 Å². The van der Waals surface area contributed by atoms with E-state index in [4.69, 9.17) is 0 Å². The molecule has 2 aromatic rings. The van der Waals surface area contributed by atoms with E-state index in [0.717, 1.165) is 18.2 Å². The van der Waals surface area contributed by atoms with Crippen LogP contribution in [0.5, 0.6) is 0 Å². The van der Waals surface area contributed by atoms with Gasteiger partial charge < -0.3 is 9.47 Å². The molecule has 1 saturated carbocycles. The lowest BCUT2D eigenvalue weighted by Gasteiger charge is -2.26. The maximum absolute atomic E-state index is 13.1. The van der Waals surface area contributed by atoms with E-state index in [-0.39, 0.29) is 11.5 Å². The zero-order chi connectivity index (χ0) is 17.8. The van der Waals surface area contributed by atoms with Crippen LogP contribution in [0.4, 0.5) is 0 Å². The van der Waals surface area contributed by atoms with E-state index in [0.29, 0.717) is 36.6 Å². The Morgan fingerprint density at radius 2 is 1.80 bits per heavy atom. The Morgan fingerprint density at radius 3 is 2.48 bits per heavy atom. The summed E-state index contributed by atoms with van der Waals surface area (Å²) in [5.74, 6) is 0.458. The van der Waals surface area contributed by atoms with Crippen LogP contribution in [0.1, 0.15) is 56.4 Å². The van der Waals surface area contributed by atoms with E-state index in [9.17, 15) is 9.59 Å². The second-order valence-electron chi connectivity index (χ2n) is 7.01. The van der Waals surface area contributed by atoms with Crippen LogP contribution >= 0.6 is 0 Å². The molecule has 0 unspecified atom stereocenters. The summed E-state index contributed by atoms with van der Waals surface area (Å²) in [5.41, 5.74) is 0.511. The summed E-state index contributed by atoms with van der Waals surface area (Å²) in [6.45, 7) is 5.92. The zero-order valence-corrected chi connectivity index (χ0v) is 15.3. The predicted molar refractivity (Wildman–Crippen MR) is 102 cm³/mol. The van der Waals surface area contributed by atoms with Gasteiger partial charge in [-0.2, -0.15) is 0 Å². The highest BCUT2D eigenvalue weighted by Crippen LogP contribution is 2.26. The summed E-state index contributed by atoms with van der Waals surface area (Å²) in [7, 11) is 0. The van der Waals surface area contributed by atoms with Crippen LogP contribution in [0.3, 0.4) is 0 Å². The fraction of sp³-hybridized carbons (Fsp3) is 0.524. The number of hydrogen-bond acceptors (Lipinski definition) is 2. The Bertz CT molecular complexity index is 799. The summed E-state index contributed by atoms with van der Waals surface area (Å²) in [4.78, 5) is 27.9. The van der Waals surface area contributed by atoms with Crippen molar-refractivity contribution in [3.8, 4) is 0 Å². The van der Waals surface area contributed by atoms with Crippen molar-refractivity contribution in [2.45, 2.75) is 52.5 Å². The Morgan fingerprint density at radius 1 is 1.12 bits per heavy atom. The molecule has 1 aromatic carbocycles. The largest absolute Gasteiger partial charge is 0.338 e. The number of pyridine rings is 1. The topological polar surface area (TPSA) is 42.3 Å². The van der Waals surface area contributed by atoms with Crippen molar-refractivity contribution >= 4 is 16.7 Å². The van der Waals surface area contributed by atoms with E-state index in [1.54, 1.807) is 9.47 Å². The monoisotopic (exact) mass is 340 g/mol. The number of fused-ring (bicyclic) bond motifs is 1. The standard InChI is InChI=1S/C21H28N2O2/c1-3-22(4-2)21(25)19-14-17-12-8-9-13-18(17)20(24)23(19)15-16-10-6-5-7-11-16/h8-9,12-14,16H,3-7,10-11,15H2,1-2H3. The van der Waals surface area contributed by atoms with E-state index in [1.807, 2.05) is 44.2 Å². The third-order valence-corrected chi connectivity index (χ3v) is 5.45. The third-order valence-electron chi connectivity index (χ3n) is 5.45. The van der Waals surface area contributed by atoms with Gasteiger partial charge in [0.25, 0.3) is 11.5 Å². The summed E-state index contributed by atoms with van der Waals surface area (Å²) in [5, 5.41) is 1.55. The lowest BCUT2D eigenvalue weighted by atomic mass is 9.89. The molecule has 0 aliphatic heterocycles. The fourth-order valence-corrected chi connectivity index (χ4v) is 3.96. The highest BCUT2D eigenvalue weighted by Gasteiger charge is 2.22. The van der Waals surface area contributed by atoms with E-state index in [2.05, 4.69) is 0 Å². The van der Waals surface area contributed by atoms with Gasteiger partial charge in [0.2, 0.25) is 0 Å². The van der Waals surface area contributed by atoms with Gasteiger partial charge >= 0.3 is 0 Å². The molecule has 0 radical (unpaired) electrons. The molecular formula is C21H28N2O2. The number of benzene rings is 1. The molecule has 1 fully saturated rings. The Kier molecular flexibility index (Phi) is 5.57. The predicted octanol–water partition coefficient (Wildman–Crippen LogP) is 4.06. The van der Waals surface area contributed by atoms with Crippen molar-refractivity contribution in [1.82, 2.24) is 9.47 Å². The second-order valence-corrected chi connectivity index (χ2v) is 7.01. The Labute approximate surface area is 149 Å². The first kappa shape index (κ1) is 17.7. The number of rotatable bonds is 5. The number of carbonyl (C=O) groups is 1. The molecule has 1 amide bonds. The summed E-state index contributed by atoms with van der Waals surface area (Å²) >= 11 is 0. The van der Waals surface area contributed by atoms with Gasteiger partial charge in [0.05, 0.1) is 0 Å². The number of carbonyl (C=O) groups excluding carboxylic acids is 1. The lowest BCUT2D eigenvalue weighted by molar-refractivity contribution is 0.0759. The quantitative estimate of drug-likeness (QED) is 0.823. The van der Waals surface area contributed by atoms with Gasteiger partial charge in [0, 0.05) is 25.0 Å². The SMILES string of the molecule is CCN(CC)C(=O)c1cc2ccccc2c(=O)n1CC1CCCCC1. The van der Waals surface area contributed by atoms with Crippen molar-refractivity contribution in [2.75, 3.05) is 13.1 Å². The van der Waals surface area contributed by atoms with Crippen molar-refractivity contribution < 1.29 is 4.79 Å². The van der Waals surface area contributed by atoms with Gasteiger partial charge in [0.1, 0.15) is 5.69 Å². The summed E-state index contributed by atoms with van der Waals surface area (Å²) in [6.07, 6.45) is 6.04. The molecule has 0 bridgehead atoms. The molecule has 0 saturated heterocycles. The van der Waals surface area contributed by atoms with Crippen LogP contribution in [0.15, 0.2) is 35.1 Å². The average Bonchev–Trinajstić information content (AvgIpc) is 2.65. The fourth-order valence-electron chi connectivity index (χ4n) is 3.96. The molecule has 1 heterocycles. The van der Waals surface area contributed by atoms with Gasteiger partial charge in [-0.05, 0) is 50.1 Å². The van der Waals surface area contributed by atoms with E-state index >= 15 is 0 Å². The molecule has 1 aliphatic rings. The first-order valence-electron chi connectivity index (χ1n) is 9.57. The van der Waals surface area contributed by atoms with Crippen molar-refractivity contribution in [3.05, 3.63) is 46.4 Å². The highest BCUT2D eigenvalue weighted by atomic mass is 16.2. The van der Waals surface area contributed by atoms with Gasteiger partial charge in [-0.3, -0.25) is 9.59 Å². The zero-order valence-electron chi connectivity index (χ0n) is 15.3. The van der Waals surface area contributed by atoms with Gasteiger partial charge in [-0.1, -0.05) is 37.5 Å². The van der Waals surface area contributed by atoms with Gasteiger partial charge in [-0.15, -0.1) is 0 Å². The molecule has 134 valence electrons. The molecular weight excluding hydrogens is 312 g/mol. The van der Waals surface area contributed by atoms with Crippen LogP contribution in [0.25, 0.3) is 10.8 Å². The molecule has 4 heteroatoms. The Hall–Kier alpha value is -2.10. The van der Waals surface area contributed by atoms with Crippen molar-refractivity contribution in [1.29, 1.82) is 0 Å². The van der Waals surface area contributed by atoms with Gasteiger partial charge in [0.15, 0.2) is 0 Å². The molecule has 0 atom stereocenters. The number of nitrogens with zero attached hydrogens (tertiary/aromatic N) is 2. The highest BCUT2D eigenvalue weighted by molar-refractivity contribution is 5.96. The lowest BCUT2D eigenvalue weighted by Crippen LogP contribution is -2.37. The summed E-state index contributed by atoms with van der Waals surface area (Å²) in [6, 6.07) is 9.49. The smallest absolute Gasteiger partial charge is 0.270 e. The number of aromatic nitrogens is 1. The maximum Gasteiger partial charge on any atom is 0.270 e. The average molecular weight is 340 g/mol. The third kappa shape index (κ3) is 3.63. The minimum absolute atomic E-state index is 0.0285. The molecule has 1 aromatic heterocycles. The first-order valence-corrected chi connectivity index (χ1v) is 9.57. The first-order chi connectivity index (χ1) is 12.2.